The van der Waals surface area contributed by atoms with Crippen LogP contribution < -0.4 is 0 Å². The lowest BCUT2D eigenvalue weighted by atomic mass is 10.1. The van der Waals surface area contributed by atoms with E-state index in [9.17, 15) is 9.18 Å². The number of aryl methyl sites for hydroxylation is 2. The van der Waals surface area contributed by atoms with E-state index in [0.717, 1.165) is 6.20 Å². The molecular weight excluding hydrogens is 249 g/mol. The van der Waals surface area contributed by atoms with Crippen LogP contribution in [0, 0.1) is 19.7 Å². The van der Waals surface area contributed by atoms with Gasteiger partial charge in [0.15, 0.2) is 5.82 Å². The van der Waals surface area contributed by atoms with Gasteiger partial charge in [-0.2, -0.15) is 0 Å². The summed E-state index contributed by atoms with van der Waals surface area (Å²) in [6.07, 6.45) is 0.976. The van der Waals surface area contributed by atoms with Gasteiger partial charge in [0.1, 0.15) is 11.5 Å². The molecule has 0 saturated carbocycles. The molecule has 2 aromatic rings. The molecule has 0 unspecified atom stereocenters. The molecule has 0 aliphatic heterocycles. The molecule has 2 heterocycles. The Kier molecular flexibility index (Phi) is 3.50. The van der Waals surface area contributed by atoms with Crippen LogP contribution in [0.3, 0.4) is 0 Å². The Bertz CT molecular complexity index is 603. The third kappa shape index (κ3) is 2.90. The van der Waals surface area contributed by atoms with E-state index in [1.807, 2.05) is 0 Å². The molecule has 0 bridgehead atoms. The third-order valence-corrected chi connectivity index (χ3v) is 2.71. The van der Waals surface area contributed by atoms with E-state index < -0.39 is 11.8 Å². The average Bonchev–Trinajstić information content (AvgIpc) is 2.34. The molecule has 19 heavy (non-hydrogen) atoms. The number of aliphatic carboxylic acids is 1. The summed E-state index contributed by atoms with van der Waals surface area (Å²) in [7, 11) is 0. The van der Waals surface area contributed by atoms with Gasteiger partial charge in [-0.05, 0) is 26.0 Å². The van der Waals surface area contributed by atoms with Crippen LogP contribution in [-0.2, 0) is 11.2 Å². The number of aromatic nitrogens is 3. The summed E-state index contributed by atoms with van der Waals surface area (Å²) in [5, 5.41) is 8.82. The van der Waals surface area contributed by atoms with Gasteiger partial charge in [0.05, 0.1) is 12.6 Å². The molecule has 2 aromatic heterocycles. The largest absolute Gasteiger partial charge is 0.481 e. The minimum absolute atomic E-state index is 0.116. The number of carbonyl (C=O) groups is 1. The number of pyridine rings is 1. The van der Waals surface area contributed by atoms with Crippen LogP contribution in [0.25, 0.3) is 11.5 Å². The van der Waals surface area contributed by atoms with Crippen LogP contribution in [0.1, 0.15) is 17.0 Å². The van der Waals surface area contributed by atoms with E-state index in [2.05, 4.69) is 15.0 Å². The zero-order valence-electron chi connectivity index (χ0n) is 10.5. The number of hydrogen-bond acceptors (Lipinski definition) is 4. The maximum absolute atomic E-state index is 12.8. The third-order valence-electron chi connectivity index (χ3n) is 2.71. The maximum Gasteiger partial charge on any atom is 0.307 e. The Morgan fingerprint density at radius 3 is 2.37 bits per heavy atom. The second-order valence-corrected chi connectivity index (χ2v) is 4.13. The van der Waals surface area contributed by atoms with E-state index in [0.29, 0.717) is 28.5 Å². The Labute approximate surface area is 109 Å². The van der Waals surface area contributed by atoms with Gasteiger partial charge in [-0.15, -0.1) is 0 Å². The second-order valence-electron chi connectivity index (χ2n) is 4.13. The van der Waals surface area contributed by atoms with Gasteiger partial charge in [-0.25, -0.2) is 19.3 Å². The Morgan fingerprint density at radius 1 is 1.26 bits per heavy atom. The number of carboxylic acids is 1. The van der Waals surface area contributed by atoms with E-state index in [4.69, 9.17) is 5.11 Å². The predicted octanol–water partition coefficient (Wildman–Crippen LogP) is 1.92. The summed E-state index contributed by atoms with van der Waals surface area (Å²) in [5.41, 5.74) is 2.24. The first-order valence-electron chi connectivity index (χ1n) is 5.65. The van der Waals surface area contributed by atoms with Gasteiger partial charge in [0.2, 0.25) is 0 Å². The van der Waals surface area contributed by atoms with Crippen LogP contribution >= 0.6 is 0 Å². The monoisotopic (exact) mass is 261 g/mol. The van der Waals surface area contributed by atoms with Crippen molar-refractivity contribution >= 4 is 5.97 Å². The number of nitrogens with zero attached hydrogens (tertiary/aromatic N) is 3. The minimum Gasteiger partial charge on any atom is -0.481 e. The van der Waals surface area contributed by atoms with Crippen molar-refractivity contribution in [2.24, 2.45) is 0 Å². The normalized spacial score (nSPS) is 10.5. The van der Waals surface area contributed by atoms with Crippen LogP contribution in [0.4, 0.5) is 4.39 Å². The number of halogens is 1. The van der Waals surface area contributed by atoms with Crippen molar-refractivity contribution in [3.63, 3.8) is 0 Å². The maximum atomic E-state index is 12.8. The molecule has 0 amide bonds. The molecule has 0 aromatic carbocycles. The zero-order valence-corrected chi connectivity index (χ0v) is 10.5. The molecule has 6 heteroatoms. The highest BCUT2D eigenvalue weighted by Crippen LogP contribution is 2.17. The molecule has 5 nitrogen and oxygen atoms in total. The highest BCUT2D eigenvalue weighted by atomic mass is 19.1. The Morgan fingerprint density at radius 2 is 1.89 bits per heavy atom. The SMILES string of the molecule is Cc1nc(-c2ccc(F)cn2)nc(C)c1CC(=O)O. The Hall–Kier alpha value is -2.37. The van der Waals surface area contributed by atoms with Crippen LogP contribution in [0.5, 0.6) is 0 Å². The molecule has 2 rings (SSSR count). The fourth-order valence-corrected chi connectivity index (χ4v) is 1.77. The van der Waals surface area contributed by atoms with Gasteiger partial charge in [0, 0.05) is 17.0 Å². The molecular formula is C13H12FN3O2. The van der Waals surface area contributed by atoms with Crippen molar-refractivity contribution in [1.29, 1.82) is 0 Å². The lowest BCUT2D eigenvalue weighted by Gasteiger charge is -2.08. The highest BCUT2D eigenvalue weighted by Gasteiger charge is 2.13. The summed E-state index contributed by atoms with van der Waals surface area (Å²) in [6.45, 7) is 3.44. The van der Waals surface area contributed by atoms with Gasteiger partial charge >= 0.3 is 5.97 Å². The Balaban J connectivity index is 2.44. The first-order chi connectivity index (χ1) is 8.97. The second kappa shape index (κ2) is 5.09. The van der Waals surface area contributed by atoms with Crippen LogP contribution in [0.2, 0.25) is 0 Å². The summed E-state index contributed by atoms with van der Waals surface area (Å²) < 4.78 is 12.8. The van der Waals surface area contributed by atoms with Crippen molar-refractivity contribution in [3.05, 3.63) is 41.1 Å². The molecule has 98 valence electrons. The molecule has 0 aliphatic carbocycles. The van der Waals surface area contributed by atoms with Crippen molar-refractivity contribution in [3.8, 4) is 11.5 Å². The molecule has 0 spiro atoms. The zero-order chi connectivity index (χ0) is 14.0. The van der Waals surface area contributed by atoms with Gasteiger partial charge < -0.3 is 5.11 Å². The van der Waals surface area contributed by atoms with E-state index in [1.54, 1.807) is 13.8 Å². The van der Waals surface area contributed by atoms with Gasteiger partial charge in [0.25, 0.3) is 0 Å². The summed E-state index contributed by atoms with van der Waals surface area (Å²) in [6, 6.07) is 2.77. The fraction of sp³-hybridized carbons (Fsp3) is 0.231. The van der Waals surface area contributed by atoms with Gasteiger partial charge in [-0.1, -0.05) is 0 Å². The molecule has 0 saturated heterocycles. The van der Waals surface area contributed by atoms with Crippen molar-refractivity contribution < 1.29 is 14.3 Å². The number of rotatable bonds is 3. The lowest BCUT2D eigenvalue weighted by molar-refractivity contribution is -0.136. The standard InChI is InChI=1S/C13H12FN3O2/c1-7-10(5-12(18)19)8(2)17-13(16-7)11-4-3-9(14)6-15-11/h3-4,6H,5H2,1-2H3,(H,18,19). The molecule has 0 radical (unpaired) electrons. The smallest absolute Gasteiger partial charge is 0.307 e. The first kappa shape index (κ1) is 13.1. The molecule has 0 fully saturated rings. The summed E-state index contributed by atoms with van der Waals surface area (Å²) in [5.74, 6) is -0.994. The molecule has 1 N–H and O–H groups in total. The molecule has 0 aliphatic rings. The topological polar surface area (TPSA) is 76.0 Å². The highest BCUT2D eigenvalue weighted by molar-refractivity contribution is 5.71. The van der Waals surface area contributed by atoms with E-state index >= 15 is 0 Å². The van der Waals surface area contributed by atoms with Gasteiger partial charge in [-0.3, -0.25) is 4.79 Å². The van der Waals surface area contributed by atoms with Crippen LogP contribution in [0.15, 0.2) is 18.3 Å². The van der Waals surface area contributed by atoms with Crippen molar-refractivity contribution in [1.82, 2.24) is 15.0 Å². The lowest BCUT2D eigenvalue weighted by Crippen LogP contribution is -2.08. The number of hydrogen-bond donors (Lipinski definition) is 1. The quantitative estimate of drug-likeness (QED) is 0.913. The van der Waals surface area contributed by atoms with Crippen LogP contribution in [-0.4, -0.2) is 26.0 Å². The van der Waals surface area contributed by atoms with E-state index in [1.165, 1.54) is 12.1 Å². The predicted molar refractivity (Wildman–Crippen MR) is 66.0 cm³/mol. The first-order valence-corrected chi connectivity index (χ1v) is 5.65. The fourth-order valence-electron chi connectivity index (χ4n) is 1.77. The summed E-state index contributed by atoms with van der Waals surface area (Å²) >= 11 is 0. The average molecular weight is 261 g/mol. The van der Waals surface area contributed by atoms with Crippen molar-refractivity contribution in [2.45, 2.75) is 20.3 Å². The van der Waals surface area contributed by atoms with Crippen molar-refractivity contribution in [2.75, 3.05) is 0 Å². The molecule has 0 atom stereocenters. The summed E-state index contributed by atoms with van der Waals surface area (Å²) in [4.78, 5) is 23.1. The van der Waals surface area contributed by atoms with E-state index in [-0.39, 0.29) is 6.42 Å². The minimum atomic E-state index is -0.928. The number of carboxylic acid groups (broad SMARTS) is 1.